The van der Waals surface area contributed by atoms with Crippen molar-refractivity contribution in [2.45, 2.75) is 13.8 Å². The van der Waals surface area contributed by atoms with Crippen LogP contribution in [0.5, 0.6) is 0 Å². The van der Waals surface area contributed by atoms with E-state index in [0.29, 0.717) is 5.84 Å². The maximum Gasteiger partial charge on any atom is 0.130 e. The largest absolute Gasteiger partial charge is 0.357 e. The van der Waals surface area contributed by atoms with E-state index in [4.69, 9.17) is 5.41 Å². The standard InChI is InChI=1S/C14H19N3/c1-4-17(5-2)14(15)12-10-16(3)13-9-7-6-8-11(12)13/h6-10,15H,4-5H2,1-3H3. The molecule has 1 aromatic heterocycles. The molecule has 3 heteroatoms. The quantitative estimate of drug-likeness (QED) is 0.637. The molecule has 2 rings (SSSR count). The van der Waals surface area contributed by atoms with Crippen molar-refractivity contribution in [2.24, 2.45) is 7.05 Å². The lowest BCUT2D eigenvalue weighted by atomic mass is 10.1. The van der Waals surface area contributed by atoms with Gasteiger partial charge in [-0.05, 0) is 19.9 Å². The first-order chi connectivity index (χ1) is 8.19. The van der Waals surface area contributed by atoms with Gasteiger partial charge >= 0.3 is 0 Å². The van der Waals surface area contributed by atoms with Gasteiger partial charge in [-0.1, -0.05) is 18.2 Å². The summed E-state index contributed by atoms with van der Waals surface area (Å²) in [5, 5.41) is 9.45. The van der Waals surface area contributed by atoms with Gasteiger partial charge in [-0.2, -0.15) is 0 Å². The number of fused-ring (bicyclic) bond motifs is 1. The van der Waals surface area contributed by atoms with E-state index in [1.165, 1.54) is 5.52 Å². The average Bonchev–Trinajstić information content (AvgIpc) is 2.69. The predicted octanol–water partition coefficient (Wildman–Crippen LogP) is 2.85. The molecule has 0 fully saturated rings. The maximum atomic E-state index is 8.29. The summed E-state index contributed by atoms with van der Waals surface area (Å²) < 4.78 is 2.09. The lowest BCUT2D eigenvalue weighted by Gasteiger charge is -2.21. The number of aryl methyl sites for hydroxylation is 1. The van der Waals surface area contributed by atoms with Gasteiger partial charge in [0.15, 0.2) is 0 Å². The zero-order chi connectivity index (χ0) is 12.4. The summed E-state index contributed by atoms with van der Waals surface area (Å²) in [4.78, 5) is 2.07. The molecule has 90 valence electrons. The van der Waals surface area contributed by atoms with Crippen molar-refractivity contribution in [3.63, 3.8) is 0 Å². The van der Waals surface area contributed by atoms with E-state index in [1.54, 1.807) is 0 Å². The SMILES string of the molecule is CCN(CC)C(=N)c1cn(C)c2ccccc12. The molecule has 2 aromatic rings. The molecule has 3 nitrogen and oxygen atoms in total. The molecular weight excluding hydrogens is 210 g/mol. The van der Waals surface area contributed by atoms with Crippen LogP contribution in [0.15, 0.2) is 30.5 Å². The molecule has 0 radical (unpaired) electrons. The van der Waals surface area contributed by atoms with E-state index in [-0.39, 0.29) is 0 Å². The number of benzene rings is 1. The summed E-state index contributed by atoms with van der Waals surface area (Å²) in [5.41, 5.74) is 2.20. The minimum Gasteiger partial charge on any atom is -0.357 e. The number of hydrogen-bond acceptors (Lipinski definition) is 1. The van der Waals surface area contributed by atoms with E-state index in [2.05, 4.69) is 35.4 Å². The van der Waals surface area contributed by atoms with E-state index in [0.717, 1.165) is 24.0 Å². The molecule has 1 heterocycles. The van der Waals surface area contributed by atoms with Crippen LogP contribution in [0.2, 0.25) is 0 Å². The van der Waals surface area contributed by atoms with Crippen molar-refractivity contribution < 1.29 is 0 Å². The van der Waals surface area contributed by atoms with Crippen LogP contribution < -0.4 is 0 Å². The monoisotopic (exact) mass is 229 g/mol. The van der Waals surface area contributed by atoms with Crippen molar-refractivity contribution >= 4 is 16.7 Å². The third-order valence-corrected chi connectivity index (χ3v) is 3.23. The predicted molar refractivity (Wildman–Crippen MR) is 72.7 cm³/mol. The van der Waals surface area contributed by atoms with Crippen molar-refractivity contribution in [3.8, 4) is 0 Å². The number of para-hydroxylation sites is 1. The van der Waals surface area contributed by atoms with E-state index >= 15 is 0 Å². The Labute approximate surface area is 102 Å². The second kappa shape index (κ2) is 4.62. The second-order valence-corrected chi connectivity index (χ2v) is 4.19. The molecule has 0 aliphatic heterocycles. The lowest BCUT2D eigenvalue weighted by Crippen LogP contribution is -2.30. The fraction of sp³-hybridized carbons (Fsp3) is 0.357. The molecule has 0 aliphatic rings. The normalized spacial score (nSPS) is 10.8. The van der Waals surface area contributed by atoms with Crippen LogP contribution >= 0.6 is 0 Å². The first kappa shape index (κ1) is 11.7. The van der Waals surface area contributed by atoms with Crippen LogP contribution in [0.1, 0.15) is 19.4 Å². The molecule has 17 heavy (non-hydrogen) atoms. The summed E-state index contributed by atoms with van der Waals surface area (Å²) in [6.07, 6.45) is 2.05. The third-order valence-electron chi connectivity index (χ3n) is 3.23. The topological polar surface area (TPSA) is 32.0 Å². The van der Waals surface area contributed by atoms with Crippen LogP contribution in [-0.4, -0.2) is 28.4 Å². The second-order valence-electron chi connectivity index (χ2n) is 4.19. The van der Waals surface area contributed by atoms with Crippen molar-refractivity contribution in [2.75, 3.05) is 13.1 Å². The van der Waals surface area contributed by atoms with E-state index < -0.39 is 0 Å². The van der Waals surface area contributed by atoms with Gasteiger partial charge in [0.25, 0.3) is 0 Å². The van der Waals surface area contributed by atoms with Gasteiger partial charge < -0.3 is 9.47 Å². The number of hydrogen-bond donors (Lipinski definition) is 1. The lowest BCUT2D eigenvalue weighted by molar-refractivity contribution is 0.464. The molecular formula is C14H19N3. The zero-order valence-corrected chi connectivity index (χ0v) is 10.7. The fourth-order valence-electron chi connectivity index (χ4n) is 2.24. The summed E-state index contributed by atoms with van der Waals surface area (Å²) in [6, 6.07) is 8.24. The number of nitrogens with one attached hydrogen (secondary N) is 1. The first-order valence-electron chi connectivity index (χ1n) is 6.07. The Balaban J connectivity index is 2.52. The van der Waals surface area contributed by atoms with Gasteiger partial charge in [0, 0.05) is 42.8 Å². The highest BCUT2D eigenvalue weighted by molar-refractivity contribution is 6.08. The number of rotatable bonds is 3. The summed E-state index contributed by atoms with van der Waals surface area (Å²) >= 11 is 0. The Hall–Kier alpha value is -1.77. The van der Waals surface area contributed by atoms with Crippen LogP contribution in [0.4, 0.5) is 0 Å². The Kier molecular flexibility index (Phi) is 3.18. The average molecular weight is 229 g/mol. The molecule has 1 N–H and O–H groups in total. The van der Waals surface area contributed by atoms with Crippen molar-refractivity contribution in [1.82, 2.24) is 9.47 Å². The third kappa shape index (κ3) is 1.93. The Bertz CT molecular complexity index is 535. The Morgan fingerprint density at radius 2 is 1.88 bits per heavy atom. The molecule has 0 saturated carbocycles. The Morgan fingerprint density at radius 1 is 1.24 bits per heavy atom. The van der Waals surface area contributed by atoms with Crippen molar-refractivity contribution in [1.29, 1.82) is 5.41 Å². The molecule has 0 spiro atoms. The molecule has 0 amide bonds. The zero-order valence-electron chi connectivity index (χ0n) is 10.7. The maximum absolute atomic E-state index is 8.29. The van der Waals surface area contributed by atoms with Crippen LogP contribution in [0.3, 0.4) is 0 Å². The molecule has 0 bridgehead atoms. The summed E-state index contributed by atoms with van der Waals surface area (Å²) in [5.74, 6) is 0.617. The number of nitrogens with zero attached hydrogens (tertiary/aromatic N) is 2. The van der Waals surface area contributed by atoms with E-state index in [9.17, 15) is 0 Å². The minimum atomic E-state index is 0.617. The highest BCUT2D eigenvalue weighted by Crippen LogP contribution is 2.21. The molecule has 0 saturated heterocycles. The van der Waals surface area contributed by atoms with Crippen molar-refractivity contribution in [3.05, 3.63) is 36.0 Å². The van der Waals surface area contributed by atoms with Crippen LogP contribution in [0, 0.1) is 5.41 Å². The van der Waals surface area contributed by atoms with E-state index in [1.807, 2.05) is 25.4 Å². The molecule has 0 atom stereocenters. The fourth-order valence-corrected chi connectivity index (χ4v) is 2.24. The van der Waals surface area contributed by atoms with Crippen LogP contribution in [0.25, 0.3) is 10.9 Å². The minimum absolute atomic E-state index is 0.617. The first-order valence-corrected chi connectivity index (χ1v) is 6.07. The summed E-state index contributed by atoms with van der Waals surface area (Å²) in [7, 11) is 2.03. The number of aromatic nitrogens is 1. The Morgan fingerprint density at radius 3 is 2.53 bits per heavy atom. The number of amidine groups is 1. The smallest absolute Gasteiger partial charge is 0.130 e. The van der Waals surface area contributed by atoms with Crippen LogP contribution in [-0.2, 0) is 7.05 Å². The van der Waals surface area contributed by atoms with Gasteiger partial charge in [0.2, 0.25) is 0 Å². The van der Waals surface area contributed by atoms with Gasteiger partial charge in [-0.15, -0.1) is 0 Å². The highest BCUT2D eigenvalue weighted by Gasteiger charge is 2.14. The van der Waals surface area contributed by atoms with Gasteiger partial charge in [-0.3, -0.25) is 5.41 Å². The molecule has 1 aromatic carbocycles. The van der Waals surface area contributed by atoms with Gasteiger partial charge in [0.05, 0.1) is 0 Å². The van der Waals surface area contributed by atoms with Gasteiger partial charge in [0.1, 0.15) is 5.84 Å². The molecule has 0 unspecified atom stereocenters. The molecule has 0 aliphatic carbocycles. The highest BCUT2D eigenvalue weighted by atomic mass is 15.2. The summed E-state index contributed by atoms with van der Waals surface area (Å²) in [6.45, 7) is 5.92. The van der Waals surface area contributed by atoms with Gasteiger partial charge in [-0.25, -0.2) is 0 Å².